The van der Waals surface area contributed by atoms with E-state index >= 15 is 0 Å². The van der Waals surface area contributed by atoms with Crippen molar-refractivity contribution >= 4 is 17.0 Å². The first kappa shape index (κ1) is 19.6. The molecule has 158 valence electrons. The fraction of sp³-hybridized carbons (Fsp3) is 0.0769. The quantitative estimate of drug-likeness (QED) is 0.392. The van der Waals surface area contributed by atoms with Crippen LogP contribution in [0.2, 0.25) is 0 Å². The van der Waals surface area contributed by atoms with Gasteiger partial charge in [-0.3, -0.25) is 0 Å². The number of amides is 1. The summed E-state index contributed by atoms with van der Waals surface area (Å²) in [4.78, 5) is 11.7. The molecule has 0 aliphatic carbocycles. The largest absolute Gasteiger partial charge is 0.496 e. The number of nitrogens with zero attached hydrogens (tertiary/aromatic N) is 2. The van der Waals surface area contributed by atoms with Crippen molar-refractivity contribution in [3.63, 3.8) is 0 Å². The lowest BCUT2D eigenvalue weighted by Gasteiger charge is -2.07. The Hall–Kier alpha value is -4.32. The fourth-order valence-corrected chi connectivity index (χ4v) is 4.01. The summed E-state index contributed by atoms with van der Waals surface area (Å²) in [5.74, 6) is 1.38. The van der Waals surface area contributed by atoms with Gasteiger partial charge in [0.05, 0.1) is 12.8 Å². The van der Waals surface area contributed by atoms with Crippen LogP contribution >= 0.6 is 0 Å². The minimum Gasteiger partial charge on any atom is -0.496 e. The van der Waals surface area contributed by atoms with E-state index in [1.165, 1.54) is 4.68 Å². The van der Waals surface area contributed by atoms with Gasteiger partial charge in [0, 0.05) is 33.8 Å². The number of aryl methyl sites for hydroxylation is 1. The number of hydrogen-bond acceptors (Lipinski definition) is 4. The second-order valence-electron chi connectivity index (χ2n) is 7.51. The zero-order valence-corrected chi connectivity index (χ0v) is 17.7. The number of ether oxygens (including phenoxy) is 1. The normalized spacial score (nSPS) is 11.1. The van der Waals surface area contributed by atoms with Gasteiger partial charge in [-0.05, 0) is 24.6 Å². The Balaban J connectivity index is 1.82. The second kappa shape index (κ2) is 7.74. The SMILES string of the molecule is COc1cc2oc(-c3ccccc3)c(-c3ccccc3)c2cc1-c1cc(C)n(C(N)=O)n1. The van der Waals surface area contributed by atoms with Crippen molar-refractivity contribution in [2.45, 2.75) is 6.92 Å². The summed E-state index contributed by atoms with van der Waals surface area (Å²) in [6.07, 6.45) is 0. The molecular weight excluding hydrogens is 402 g/mol. The summed E-state index contributed by atoms with van der Waals surface area (Å²) >= 11 is 0. The Morgan fingerprint density at radius 3 is 2.22 bits per heavy atom. The number of methoxy groups -OCH3 is 1. The summed E-state index contributed by atoms with van der Waals surface area (Å²) in [5.41, 5.74) is 11.2. The average molecular weight is 423 g/mol. The number of hydrogen-bond donors (Lipinski definition) is 1. The number of benzene rings is 3. The zero-order valence-electron chi connectivity index (χ0n) is 17.7. The molecule has 2 heterocycles. The van der Waals surface area contributed by atoms with Crippen LogP contribution in [-0.2, 0) is 0 Å². The highest BCUT2D eigenvalue weighted by Crippen LogP contribution is 2.44. The molecular formula is C26H21N3O3. The monoisotopic (exact) mass is 423 g/mol. The number of carbonyl (C=O) groups excluding carboxylic acids is 1. The number of aromatic nitrogens is 2. The first-order chi connectivity index (χ1) is 15.6. The molecule has 0 radical (unpaired) electrons. The summed E-state index contributed by atoms with van der Waals surface area (Å²) in [5, 5.41) is 5.32. The van der Waals surface area contributed by atoms with Crippen molar-refractivity contribution in [3.8, 4) is 39.5 Å². The molecule has 3 aromatic carbocycles. The number of primary amides is 1. The fourth-order valence-electron chi connectivity index (χ4n) is 4.01. The number of rotatable bonds is 4. The van der Waals surface area contributed by atoms with E-state index in [4.69, 9.17) is 14.9 Å². The van der Waals surface area contributed by atoms with Crippen LogP contribution in [0.15, 0.2) is 83.3 Å². The third-order valence-electron chi connectivity index (χ3n) is 5.48. The van der Waals surface area contributed by atoms with Gasteiger partial charge in [-0.15, -0.1) is 0 Å². The Morgan fingerprint density at radius 1 is 0.969 bits per heavy atom. The second-order valence-corrected chi connectivity index (χ2v) is 7.51. The van der Waals surface area contributed by atoms with E-state index in [2.05, 4.69) is 17.2 Å². The van der Waals surface area contributed by atoms with E-state index in [0.29, 0.717) is 22.7 Å². The predicted molar refractivity (Wildman–Crippen MR) is 125 cm³/mol. The Morgan fingerprint density at radius 2 is 1.62 bits per heavy atom. The van der Waals surface area contributed by atoms with E-state index in [9.17, 15) is 4.79 Å². The molecule has 0 bridgehead atoms. The Labute approximate surface area is 184 Å². The minimum atomic E-state index is -0.631. The number of carbonyl (C=O) groups is 1. The lowest BCUT2D eigenvalue weighted by molar-refractivity contribution is 0.247. The average Bonchev–Trinajstić information content (AvgIpc) is 3.39. The molecule has 0 aliphatic heterocycles. The summed E-state index contributed by atoms with van der Waals surface area (Å²) in [6, 6.07) is 25.2. The van der Waals surface area contributed by atoms with Crippen LogP contribution in [0.3, 0.4) is 0 Å². The molecule has 0 saturated carbocycles. The van der Waals surface area contributed by atoms with Crippen LogP contribution in [0, 0.1) is 6.92 Å². The molecule has 0 aliphatic rings. The summed E-state index contributed by atoms with van der Waals surface area (Å²) < 4.78 is 13.2. The van der Waals surface area contributed by atoms with Gasteiger partial charge in [0.2, 0.25) is 0 Å². The molecule has 5 rings (SSSR count). The topological polar surface area (TPSA) is 83.3 Å². The van der Waals surface area contributed by atoms with Crippen LogP contribution in [0.25, 0.3) is 44.7 Å². The maximum Gasteiger partial charge on any atom is 0.339 e. The van der Waals surface area contributed by atoms with Gasteiger partial charge < -0.3 is 14.9 Å². The van der Waals surface area contributed by atoms with Gasteiger partial charge in [-0.1, -0.05) is 60.7 Å². The van der Waals surface area contributed by atoms with Gasteiger partial charge in [0.25, 0.3) is 0 Å². The molecule has 6 heteroatoms. The first-order valence-electron chi connectivity index (χ1n) is 10.2. The highest BCUT2D eigenvalue weighted by atomic mass is 16.5. The van der Waals surface area contributed by atoms with E-state index in [1.807, 2.05) is 66.7 Å². The number of fused-ring (bicyclic) bond motifs is 1. The maximum absolute atomic E-state index is 11.7. The predicted octanol–water partition coefficient (Wildman–Crippen LogP) is 5.87. The smallest absolute Gasteiger partial charge is 0.339 e. The van der Waals surface area contributed by atoms with Crippen molar-refractivity contribution in [3.05, 3.63) is 84.6 Å². The molecule has 6 nitrogen and oxygen atoms in total. The van der Waals surface area contributed by atoms with E-state index in [-0.39, 0.29) is 0 Å². The molecule has 2 aromatic heterocycles. The molecule has 0 fully saturated rings. The van der Waals surface area contributed by atoms with Gasteiger partial charge in [0.15, 0.2) is 0 Å². The van der Waals surface area contributed by atoms with Crippen LogP contribution in [0.1, 0.15) is 5.69 Å². The molecule has 32 heavy (non-hydrogen) atoms. The zero-order chi connectivity index (χ0) is 22.2. The van der Waals surface area contributed by atoms with Crippen LogP contribution in [0.4, 0.5) is 4.79 Å². The lowest BCUT2D eigenvalue weighted by Crippen LogP contribution is -2.21. The maximum atomic E-state index is 11.7. The van der Waals surface area contributed by atoms with Crippen LogP contribution in [0.5, 0.6) is 5.75 Å². The molecule has 0 spiro atoms. The van der Waals surface area contributed by atoms with Crippen molar-refractivity contribution < 1.29 is 13.9 Å². The van der Waals surface area contributed by atoms with E-state index < -0.39 is 6.03 Å². The van der Waals surface area contributed by atoms with Crippen LogP contribution < -0.4 is 10.5 Å². The minimum absolute atomic E-state index is 0.597. The summed E-state index contributed by atoms with van der Waals surface area (Å²) in [7, 11) is 1.60. The van der Waals surface area contributed by atoms with Crippen molar-refractivity contribution in [1.82, 2.24) is 9.78 Å². The number of furan rings is 1. The van der Waals surface area contributed by atoms with Gasteiger partial charge >= 0.3 is 6.03 Å². The summed E-state index contributed by atoms with van der Waals surface area (Å²) in [6.45, 7) is 1.78. The molecule has 1 amide bonds. The van der Waals surface area contributed by atoms with Crippen molar-refractivity contribution in [2.75, 3.05) is 7.11 Å². The van der Waals surface area contributed by atoms with Crippen molar-refractivity contribution in [2.24, 2.45) is 5.73 Å². The number of nitrogens with two attached hydrogens (primary N) is 1. The van der Waals surface area contributed by atoms with Crippen LogP contribution in [-0.4, -0.2) is 22.9 Å². The molecule has 0 unspecified atom stereocenters. The van der Waals surface area contributed by atoms with E-state index in [1.54, 1.807) is 14.0 Å². The molecule has 0 saturated heterocycles. The lowest BCUT2D eigenvalue weighted by atomic mass is 9.97. The van der Waals surface area contributed by atoms with E-state index in [0.717, 1.165) is 33.4 Å². The standard InChI is InChI=1S/C26H21N3O3/c1-16-13-21(28-29(16)26(27)30)19-14-20-23(15-22(19)31-2)32-25(18-11-7-4-8-12-18)24(20)17-9-5-3-6-10-17/h3-15H,1-2H3,(H2,27,30). The third kappa shape index (κ3) is 3.22. The Bertz CT molecular complexity index is 1430. The first-order valence-corrected chi connectivity index (χ1v) is 10.2. The highest BCUT2D eigenvalue weighted by molar-refractivity contribution is 6.04. The van der Waals surface area contributed by atoms with Gasteiger partial charge in [-0.25, -0.2) is 4.79 Å². The highest BCUT2D eigenvalue weighted by Gasteiger charge is 2.22. The Kier molecular flexibility index (Phi) is 4.75. The molecule has 0 atom stereocenters. The van der Waals surface area contributed by atoms with Gasteiger partial charge in [0.1, 0.15) is 17.1 Å². The van der Waals surface area contributed by atoms with Crippen molar-refractivity contribution in [1.29, 1.82) is 0 Å². The third-order valence-corrected chi connectivity index (χ3v) is 5.48. The van der Waals surface area contributed by atoms with Gasteiger partial charge in [-0.2, -0.15) is 9.78 Å². The molecule has 5 aromatic rings. The molecule has 2 N–H and O–H groups in total.